The summed E-state index contributed by atoms with van der Waals surface area (Å²) < 4.78 is 10.9. The molecule has 3 N–H and O–H groups in total. The SMILES string of the molecule is COc1cc(C(C)NC(=O)CN)ccc1OC(C)C. The molecule has 5 nitrogen and oxygen atoms in total. The van der Waals surface area contributed by atoms with Crippen molar-refractivity contribution in [1.82, 2.24) is 5.32 Å². The Labute approximate surface area is 114 Å². The Bertz CT molecular complexity index is 433. The zero-order valence-corrected chi connectivity index (χ0v) is 11.9. The van der Waals surface area contributed by atoms with Gasteiger partial charge in [0.15, 0.2) is 11.5 Å². The van der Waals surface area contributed by atoms with Crippen molar-refractivity contribution in [1.29, 1.82) is 0 Å². The van der Waals surface area contributed by atoms with E-state index in [1.807, 2.05) is 39.0 Å². The predicted octanol–water partition coefficient (Wildman–Crippen LogP) is 1.62. The van der Waals surface area contributed by atoms with Gasteiger partial charge in [-0.1, -0.05) is 6.07 Å². The first kappa shape index (κ1) is 15.3. The number of carbonyl (C=O) groups is 1. The summed E-state index contributed by atoms with van der Waals surface area (Å²) in [4.78, 5) is 11.3. The maximum absolute atomic E-state index is 11.3. The molecule has 106 valence electrons. The summed E-state index contributed by atoms with van der Waals surface area (Å²) in [6.07, 6.45) is 0.0779. The molecule has 0 aliphatic rings. The molecule has 1 aromatic carbocycles. The lowest BCUT2D eigenvalue weighted by atomic mass is 10.1. The van der Waals surface area contributed by atoms with E-state index in [1.165, 1.54) is 0 Å². The molecule has 0 fully saturated rings. The van der Waals surface area contributed by atoms with Gasteiger partial charge in [0, 0.05) is 0 Å². The van der Waals surface area contributed by atoms with E-state index in [1.54, 1.807) is 7.11 Å². The molecule has 0 aliphatic carbocycles. The zero-order valence-electron chi connectivity index (χ0n) is 11.9. The summed E-state index contributed by atoms with van der Waals surface area (Å²) in [7, 11) is 1.59. The van der Waals surface area contributed by atoms with Gasteiger partial charge in [0.1, 0.15) is 0 Å². The van der Waals surface area contributed by atoms with Gasteiger partial charge < -0.3 is 20.5 Å². The second-order valence-corrected chi connectivity index (χ2v) is 4.57. The molecule has 0 radical (unpaired) electrons. The molecule has 1 aromatic rings. The molecule has 0 aliphatic heterocycles. The minimum atomic E-state index is -0.186. The van der Waals surface area contributed by atoms with Gasteiger partial charge in [0.25, 0.3) is 0 Å². The van der Waals surface area contributed by atoms with Crippen molar-refractivity contribution < 1.29 is 14.3 Å². The zero-order chi connectivity index (χ0) is 14.4. The fourth-order valence-corrected chi connectivity index (χ4v) is 1.69. The molecule has 1 atom stereocenters. The third-order valence-corrected chi connectivity index (χ3v) is 2.61. The molecule has 19 heavy (non-hydrogen) atoms. The Morgan fingerprint density at radius 3 is 2.53 bits per heavy atom. The lowest BCUT2D eigenvalue weighted by Crippen LogP contribution is -2.32. The third-order valence-electron chi connectivity index (χ3n) is 2.61. The maximum Gasteiger partial charge on any atom is 0.234 e. The van der Waals surface area contributed by atoms with Crippen LogP contribution in [0.5, 0.6) is 11.5 Å². The summed E-state index contributed by atoms with van der Waals surface area (Å²) in [6.45, 7) is 5.79. The van der Waals surface area contributed by atoms with Gasteiger partial charge in [-0.05, 0) is 38.5 Å². The van der Waals surface area contributed by atoms with Crippen molar-refractivity contribution in [3.05, 3.63) is 23.8 Å². The second-order valence-electron chi connectivity index (χ2n) is 4.57. The van der Waals surface area contributed by atoms with Gasteiger partial charge in [-0.3, -0.25) is 4.79 Å². The van der Waals surface area contributed by atoms with Crippen LogP contribution in [0.4, 0.5) is 0 Å². The number of amides is 1. The largest absolute Gasteiger partial charge is 0.493 e. The fraction of sp³-hybridized carbons (Fsp3) is 0.500. The first-order valence-electron chi connectivity index (χ1n) is 6.32. The van der Waals surface area contributed by atoms with Gasteiger partial charge >= 0.3 is 0 Å². The summed E-state index contributed by atoms with van der Waals surface area (Å²) in [5.74, 6) is 1.16. The van der Waals surface area contributed by atoms with E-state index in [2.05, 4.69) is 5.32 Å². The van der Waals surface area contributed by atoms with Crippen LogP contribution in [0.2, 0.25) is 0 Å². The number of nitrogens with two attached hydrogens (primary N) is 1. The number of carbonyl (C=O) groups excluding carboxylic acids is 1. The average molecular weight is 266 g/mol. The number of ether oxygens (including phenoxy) is 2. The lowest BCUT2D eigenvalue weighted by molar-refractivity contribution is -0.120. The maximum atomic E-state index is 11.3. The molecule has 5 heteroatoms. The van der Waals surface area contributed by atoms with E-state index in [4.69, 9.17) is 15.2 Å². The highest BCUT2D eigenvalue weighted by Crippen LogP contribution is 2.30. The smallest absolute Gasteiger partial charge is 0.234 e. The van der Waals surface area contributed by atoms with Gasteiger partial charge in [-0.25, -0.2) is 0 Å². The van der Waals surface area contributed by atoms with Crippen LogP contribution in [-0.2, 0) is 4.79 Å². The molecule has 0 bridgehead atoms. The fourth-order valence-electron chi connectivity index (χ4n) is 1.69. The third kappa shape index (κ3) is 4.44. The Morgan fingerprint density at radius 2 is 2.00 bits per heavy atom. The van der Waals surface area contributed by atoms with Crippen LogP contribution in [-0.4, -0.2) is 25.7 Å². The standard InChI is InChI=1S/C14H22N2O3/c1-9(2)19-12-6-5-11(7-13(12)18-4)10(3)16-14(17)8-15/h5-7,9-10H,8,15H2,1-4H3,(H,16,17). The van der Waals surface area contributed by atoms with Gasteiger partial charge in [0.05, 0.1) is 25.8 Å². The number of rotatable bonds is 6. The van der Waals surface area contributed by atoms with E-state index in [9.17, 15) is 4.79 Å². The van der Waals surface area contributed by atoms with Gasteiger partial charge in [-0.2, -0.15) is 0 Å². The van der Waals surface area contributed by atoms with Crippen molar-refractivity contribution in [3.63, 3.8) is 0 Å². The Hall–Kier alpha value is -1.75. The van der Waals surface area contributed by atoms with Crippen LogP contribution >= 0.6 is 0 Å². The highest BCUT2D eigenvalue weighted by Gasteiger charge is 2.12. The van der Waals surface area contributed by atoms with Crippen LogP contribution in [0.25, 0.3) is 0 Å². The Kier molecular flexibility index (Phi) is 5.63. The lowest BCUT2D eigenvalue weighted by Gasteiger charge is -2.18. The minimum Gasteiger partial charge on any atom is -0.493 e. The first-order chi connectivity index (χ1) is 8.97. The van der Waals surface area contributed by atoms with E-state index in [0.29, 0.717) is 11.5 Å². The Morgan fingerprint density at radius 1 is 1.32 bits per heavy atom. The monoisotopic (exact) mass is 266 g/mol. The van der Waals surface area contributed by atoms with Crippen LogP contribution in [0.15, 0.2) is 18.2 Å². The molecule has 1 unspecified atom stereocenters. The highest BCUT2D eigenvalue weighted by molar-refractivity contribution is 5.78. The van der Waals surface area contributed by atoms with E-state index in [-0.39, 0.29) is 24.6 Å². The summed E-state index contributed by atoms with van der Waals surface area (Å²) >= 11 is 0. The van der Waals surface area contributed by atoms with Gasteiger partial charge in [-0.15, -0.1) is 0 Å². The van der Waals surface area contributed by atoms with Crippen molar-refractivity contribution >= 4 is 5.91 Å². The van der Waals surface area contributed by atoms with E-state index < -0.39 is 0 Å². The van der Waals surface area contributed by atoms with Crippen molar-refractivity contribution in [3.8, 4) is 11.5 Å². The van der Waals surface area contributed by atoms with Crippen molar-refractivity contribution in [2.75, 3.05) is 13.7 Å². The summed E-state index contributed by atoms with van der Waals surface area (Å²) in [6, 6.07) is 5.48. The predicted molar refractivity (Wildman–Crippen MR) is 74.4 cm³/mol. The van der Waals surface area contributed by atoms with E-state index >= 15 is 0 Å². The number of methoxy groups -OCH3 is 1. The van der Waals surface area contributed by atoms with E-state index in [0.717, 1.165) is 5.56 Å². The molecular formula is C14H22N2O3. The van der Waals surface area contributed by atoms with Crippen molar-refractivity contribution in [2.45, 2.75) is 32.9 Å². The molecule has 1 amide bonds. The number of hydrogen-bond acceptors (Lipinski definition) is 4. The summed E-state index contributed by atoms with van der Waals surface area (Å²) in [5.41, 5.74) is 6.22. The minimum absolute atomic E-state index is 0.0178. The topological polar surface area (TPSA) is 73.6 Å². The highest BCUT2D eigenvalue weighted by atomic mass is 16.5. The van der Waals surface area contributed by atoms with Crippen LogP contribution < -0.4 is 20.5 Å². The molecule has 0 spiro atoms. The number of benzene rings is 1. The van der Waals surface area contributed by atoms with Crippen LogP contribution in [0.3, 0.4) is 0 Å². The molecule has 0 saturated carbocycles. The number of hydrogen-bond donors (Lipinski definition) is 2. The van der Waals surface area contributed by atoms with Gasteiger partial charge in [0.2, 0.25) is 5.91 Å². The molecule has 0 aromatic heterocycles. The first-order valence-corrected chi connectivity index (χ1v) is 6.32. The quantitative estimate of drug-likeness (QED) is 0.820. The normalized spacial score (nSPS) is 12.1. The molecule has 0 saturated heterocycles. The molecule has 0 heterocycles. The van der Waals surface area contributed by atoms with Crippen LogP contribution in [0, 0.1) is 0 Å². The Balaban J connectivity index is 2.89. The summed E-state index contributed by atoms with van der Waals surface area (Å²) in [5, 5.41) is 2.80. The second kappa shape index (κ2) is 6.99. The number of nitrogens with one attached hydrogen (secondary N) is 1. The van der Waals surface area contributed by atoms with Crippen LogP contribution in [0.1, 0.15) is 32.4 Å². The molecule has 1 rings (SSSR count). The van der Waals surface area contributed by atoms with Crippen molar-refractivity contribution in [2.24, 2.45) is 5.73 Å². The average Bonchev–Trinajstić information content (AvgIpc) is 2.38. The molecular weight excluding hydrogens is 244 g/mol.